The molecule has 5 aromatic rings. The lowest BCUT2D eigenvalue weighted by Gasteiger charge is -2.26. The number of pyridine rings is 1. The van der Waals surface area contributed by atoms with Gasteiger partial charge in [0.25, 0.3) is 0 Å². The van der Waals surface area contributed by atoms with Crippen LogP contribution in [-0.2, 0) is 5.41 Å². The minimum absolute atomic E-state index is 0.197. The van der Waals surface area contributed by atoms with Crippen LogP contribution < -0.4 is 4.90 Å². The first-order chi connectivity index (χ1) is 18.9. The SMILES string of the molecule is CC1(C)c2cc(C=C3C(=O)c4ccccc4C3=O)sc2-c2ccc(N(c3ccccc3)c3ccccc3)nc21. The van der Waals surface area contributed by atoms with Gasteiger partial charge in [-0.1, -0.05) is 74.5 Å². The molecule has 188 valence electrons. The van der Waals surface area contributed by atoms with Crippen LogP contribution in [0.4, 0.5) is 17.2 Å². The number of aromatic nitrogens is 1. The van der Waals surface area contributed by atoms with Crippen LogP contribution in [-0.4, -0.2) is 16.6 Å². The topological polar surface area (TPSA) is 50.3 Å². The highest BCUT2D eigenvalue weighted by Gasteiger charge is 2.40. The Bertz CT molecular complexity index is 1740. The fourth-order valence-corrected chi connectivity index (χ4v) is 6.91. The standard InChI is InChI=1S/C34H24N2O2S/c1-34(2)28-20-23(19-27-30(37)24-15-9-10-16-25(24)31(27)38)39-32(28)26-17-18-29(35-33(26)34)36(21-11-5-3-6-12-21)22-13-7-4-8-14-22/h3-20H,1-2H3. The van der Waals surface area contributed by atoms with E-state index in [0.29, 0.717) is 11.1 Å². The van der Waals surface area contributed by atoms with Crippen molar-refractivity contribution in [3.05, 3.63) is 136 Å². The largest absolute Gasteiger partial charge is 0.295 e. The maximum Gasteiger partial charge on any atom is 0.197 e. The quantitative estimate of drug-likeness (QED) is 0.175. The molecule has 2 aliphatic rings. The number of Topliss-reactive ketones (excluding diaryl/α,β-unsaturated/α-hetero) is 2. The van der Waals surface area contributed by atoms with Gasteiger partial charge in [0.15, 0.2) is 11.6 Å². The maximum absolute atomic E-state index is 12.9. The molecular weight excluding hydrogens is 500 g/mol. The summed E-state index contributed by atoms with van der Waals surface area (Å²) in [5.74, 6) is 0.464. The van der Waals surface area contributed by atoms with Crippen LogP contribution >= 0.6 is 11.3 Å². The average molecular weight is 525 g/mol. The molecule has 2 heterocycles. The highest BCUT2D eigenvalue weighted by molar-refractivity contribution is 7.16. The van der Waals surface area contributed by atoms with Gasteiger partial charge in [0.1, 0.15) is 5.82 Å². The van der Waals surface area contributed by atoms with Crippen molar-refractivity contribution < 1.29 is 9.59 Å². The summed E-state index contributed by atoms with van der Waals surface area (Å²) in [4.78, 5) is 35.4. The van der Waals surface area contributed by atoms with Crippen LogP contribution in [0.15, 0.2) is 109 Å². The molecule has 0 unspecified atom stereocenters. The Labute approximate surface area is 230 Å². The number of benzene rings is 3. The number of hydrogen-bond donors (Lipinski definition) is 0. The van der Waals surface area contributed by atoms with Gasteiger partial charge in [-0.05, 0) is 54.1 Å². The second-order valence-electron chi connectivity index (χ2n) is 10.4. The fourth-order valence-electron chi connectivity index (χ4n) is 5.62. The molecule has 0 bridgehead atoms. The Morgan fingerprint density at radius 1 is 0.718 bits per heavy atom. The van der Waals surface area contributed by atoms with E-state index in [1.807, 2.05) is 36.4 Å². The van der Waals surface area contributed by atoms with E-state index in [9.17, 15) is 9.59 Å². The summed E-state index contributed by atoms with van der Waals surface area (Å²) in [6.45, 7) is 4.38. The van der Waals surface area contributed by atoms with E-state index in [4.69, 9.17) is 4.98 Å². The zero-order chi connectivity index (χ0) is 26.7. The predicted octanol–water partition coefficient (Wildman–Crippen LogP) is 8.38. The monoisotopic (exact) mass is 524 g/mol. The van der Waals surface area contributed by atoms with Gasteiger partial charge in [0, 0.05) is 43.2 Å². The zero-order valence-electron chi connectivity index (χ0n) is 21.5. The Morgan fingerprint density at radius 2 is 1.28 bits per heavy atom. The third kappa shape index (κ3) is 3.62. The van der Waals surface area contributed by atoms with Gasteiger partial charge in [-0.2, -0.15) is 0 Å². The molecule has 0 spiro atoms. The number of carbonyl (C=O) groups excluding carboxylic acids is 2. The molecule has 2 aromatic heterocycles. The van der Waals surface area contributed by atoms with Crippen LogP contribution in [0.2, 0.25) is 0 Å². The molecule has 0 atom stereocenters. The van der Waals surface area contributed by atoms with Crippen molar-refractivity contribution in [3.63, 3.8) is 0 Å². The van der Waals surface area contributed by atoms with Crippen molar-refractivity contribution in [2.24, 2.45) is 0 Å². The Hall–Kier alpha value is -4.61. The summed E-state index contributed by atoms with van der Waals surface area (Å²) in [5, 5.41) is 0. The van der Waals surface area contributed by atoms with E-state index >= 15 is 0 Å². The summed E-state index contributed by atoms with van der Waals surface area (Å²) >= 11 is 1.61. The van der Waals surface area contributed by atoms with Crippen LogP contribution in [0.5, 0.6) is 0 Å². The van der Waals surface area contributed by atoms with Gasteiger partial charge in [-0.15, -0.1) is 11.3 Å². The lowest BCUT2D eigenvalue weighted by molar-refractivity contribution is 0.0990. The van der Waals surface area contributed by atoms with Gasteiger partial charge >= 0.3 is 0 Å². The Morgan fingerprint density at radius 3 is 1.87 bits per heavy atom. The van der Waals surface area contributed by atoms with E-state index in [0.717, 1.165) is 38.2 Å². The van der Waals surface area contributed by atoms with Crippen molar-refractivity contribution in [1.29, 1.82) is 0 Å². The van der Waals surface area contributed by atoms with Crippen molar-refractivity contribution >= 4 is 46.2 Å². The van der Waals surface area contributed by atoms with Crippen molar-refractivity contribution in [2.75, 3.05) is 4.90 Å². The van der Waals surface area contributed by atoms with E-state index in [1.54, 1.807) is 41.7 Å². The molecule has 0 saturated carbocycles. The van der Waals surface area contributed by atoms with E-state index < -0.39 is 0 Å². The van der Waals surface area contributed by atoms with Crippen molar-refractivity contribution in [3.8, 4) is 10.4 Å². The summed E-state index contributed by atoms with van der Waals surface area (Å²) in [7, 11) is 0. The molecular formula is C34H24N2O2S. The number of carbonyl (C=O) groups is 2. The first-order valence-corrected chi connectivity index (χ1v) is 13.7. The third-order valence-electron chi connectivity index (χ3n) is 7.59. The second-order valence-corrected chi connectivity index (χ2v) is 11.4. The number of rotatable bonds is 4. The van der Waals surface area contributed by atoms with Crippen molar-refractivity contribution in [1.82, 2.24) is 4.98 Å². The minimum atomic E-state index is -0.334. The zero-order valence-corrected chi connectivity index (χ0v) is 22.3. The molecule has 39 heavy (non-hydrogen) atoms. The predicted molar refractivity (Wildman–Crippen MR) is 157 cm³/mol. The first kappa shape index (κ1) is 23.5. The normalized spacial score (nSPS) is 14.7. The van der Waals surface area contributed by atoms with E-state index in [-0.39, 0.29) is 22.6 Å². The Balaban J connectivity index is 1.30. The minimum Gasteiger partial charge on any atom is -0.295 e. The molecule has 4 nitrogen and oxygen atoms in total. The lowest BCUT2D eigenvalue weighted by Crippen LogP contribution is -2.19. The smallest absolute Gasteiger partial charge is 0.197 e. The molecule has 0 N–H and O–H groups in total. The van der Waals surface area contributed by atoms with Crippen LogP contribution in [0, 0.1) is 0 Å². The number of fused-ring (bicyclic) bond motifs is 4. The molecule has 2 aliphatic carbocycles. The van der Waals surface area contributed by atoms with Crippen LogP contribution in [0.25, 0.3) is 16.5 Å². The van der Waals surface area contributed by atoms with Gasteiger partial charge in [-0.3, -0.25) is 14.5 Å². The highest BCUT2D eigenvalue weighted by Crippen LogP contribution is 2.53. The third-order valence-corrected chi connectivity index (χ3v) is 8.71. The van der Waals surface area contributed by atoms with Gasteiger partial charge in [-0.25, -0.2) is 4.98 Å². The number of para-hydroxylation sites is 2. The molecule has 5 heteroatoms. The van der Waals surface area contributed by atoms with Gasteiger partial charge < -0.3 is 0 Å². The number of nitrogens with zero attached hydrogens (tertiary/aromatic N) is 2. The number of thiophene rings is 1. The van der Waals surface area contributed by atoms with E-state index in [2.05, 4.69) is 61.2 Å². The molecule has 3 aromatic carbocycles. The van der Waals surface area contributed by atoms with Gasteiger partial charge in [0.05, 0.1) is 11.3 Å². The van der Waals surface area contributed by atoms with E-state index in [1.165, 1.54) is 5.56 Å². The van der Waals surface area contributed by atoms with Crippen LogP contribution in [0.3, 0.4) is 0 Å². The number of hydrogen-bond acceptors (Lipinski definition) is 5. The first-order valence-electron chi connectivity index (χ1n) is 12.9. The number of ketones is 2. The molecule has 0 amide bonds. The molecule has 7 rings (SSSR count). The summed E-state index contributed by atoms with van der Waals surface area (Å²) in [5.41, 5.74) is 6.26. The van der Waals surface area contributed by atoms with Gasteiger partial charge in [0.2, 0.25) is 0 Å². The lowest BCUT2D eigenvalue weighted by atomic mass is 9.86. The maximum atomic E-state index is 12.9. The summed E-state index contributed by atoms with van der Waals surface area (Å²) in [6.07, 6.45) is 1.76. The van der Waals surface area contributed by atoms with Crippen LogP contribution in [0.1, 0.15) is 50.7 Å². The molecule has 0 fully saturated rings. The molecule has 0 aliphatic heterocycles. The molecule has 0 radical (unpaired) electrons. The average Bonchev–Trinajstić information content (AvgIpc) is 3.56. The van der Waals surface area contributed by atoms with Crippen molar-refractivity contribution in [2.45, 2.75) is 19.3 Å². The summed E-state index contributed by atoms with van der Waals surface area (Å²) < 4.78 is 0. The fraction of sp³-hybridized carbons (Fsp3) is 0.0882. The second kappa shape index (κ2) is 8.72. The molecule has 0 saturated heterocycles. The number of anilines is 3. The highest BCUT2D eigenvalue weighted by atomic mass is 32.1. The number of allylic oxidation sites excluding steroid dienone is 1. The Kier molecular flexibility index (Phi) is 5.25. The summed E-state index contributed by atoms with van der Waals surface area (Å²) in [6, 6.07) is 33.9.